The van der Waals surface area contributed by atoms with E-state index in [0.717, 1.165) is 26.2 Å². The molecular formula is C42H48N2. The Morgan fingerprint density at radius 3 is 1.07 bits per heavy atom. The van der Waals surface area contributed by atoms with E-state index >= 15 is 0 Å². The Morgan fingerprint density at radius 1 is 0.386 bits per heavy atom. The van der Waals surface area contributed by atoms with Crippen molar-refractivity contribution in [2.45, 2.75) is 80.1 Å². The van der Waals surface area contributed by atoms with Crippen LogP contribution in [0.5, 0.6) is 0 Å². The van der Waals surface area contributed by atoms with Gasteiger partial charge in [-0.1, -0.05) is 36.4 Å². The van der Waals surface area contributed by atoms with Gasteiger partial charge in [0.05, 0.1) is 0 Å². The summed E-state index contributed by atoms with van der Waals surface area (Å²) in [5.41, 5.74) is 16.4. The van der Waals surface area contributed by atoms with Gasteiger partial charge >= 0.3 is 0 Å². The zero-order valence-corrected chi connectivity index (χ0v) is 27.7. The minimum Gasteiger partial charge on any atom is -0.372 e. The maximum atomic E-state index is 2.61. The van der Waals surface area contributed by atoms with Crippen LogP contribution in [0.4, 0.5) is 11.4 Å². The summed E-state index contributed by atoms with van der Waals surface area (Å²) >= 11 is 0. The molecule has 0 aliphatic carbocycles. The minimum absolute atomic E-state index is 1.15. The molecule has 0 bridgehead atoms. The van der Waals surface area contributed by atoms with E-state index in [4.69, 9.17) is 0 Å². The lowest BCUT2D eigenvalue weighted by atomic mass is 9.83. The maximum Gasteiger partial charge on any atom is 0.0372 e. The summed E-state index contributed by atoms with van der Waals surface area (Å²) in [5, 5.41) is 5.48. The molecule has 44 heavy (non-hydrogen) atoms. The lowest BCUT2D eigenvalue weighted by molar-refractivity contribution is 0.578. The zero-order valence-electron chi connectivity index (χ0n) is 27.7. The van der Waals surface area contributed by atoms with Gasteiger partial charge in [-0.25, -0.2) is 0 Å². The minimum atomic E-state index is 1.15. The van der Waals surface area contributed by atoms with Crippen LogP contribution in [0.3, 0.4) is 0 Å². The van der Waals surface area contributed by atoms with E-state index < -0.39 is 0 Å². The van der Waals surface area contributed by atoms with E-state index in [-0.39, 0.29) is 0 Å². The molecule has 0 saturated carbocycles. The molecule has 0 spiro atoms. The van der Waals surface area contributed by atoms with Crippen molar-refractivity contribution in [1.82, 2.24) is 0 Å². The van der Waals surface area contributed by atoms with Crippen LogP contribution in [-0.4, -0.2) is 26.2 Å². The van der Waals surface area contributed by atoms with Gasteiger partial charge in [0.2, 0.25) is 0 Å². The third-order valence-electron chi connectivity index (χ3n) is 11.0. The van der Waals surface area contributed by atoms with Crippen molar-refractivity contribution in [3.63, 3.8) is 0 Å². The number of anilines is 2. The summed E-state index contributed by atoms with van der Waals surface area (Å²) in [7, 11) is 0. The molecule has 0 atom stereocenters. The van der Waals surface area contributed by atoms with Gasteiger partial charge in [-0.2, -0.15) is 0 Å². The summed E-state index contributed by atoms with van der Waals surface area (Å²) < 4.78 is 0. The first kappa shape index (κ1) is 29.0. The molecule has 0 unspecified atom stereocenters. The molecule has 226 valence electrons. The highest BCUT2D eigenvalue weighted by molar-refractivity contribution is 6.22. The molecule has 2 fully saturated rings. The van der Waals surface area contributed by atoms with Crippen molar-refractivity contribution in [2.75, 3.05) is 36.0 Å². The van der Waals surface area contributed by atoms with Crippen molar-refractivity contribution < 1.29 is 0 Å². The Balaban J connectivity index is 1.60. The average Bonchev–Trinajstić information content (AvgIpc) is 3.04. The molecule has 2 nitrogen and oxygen atoms in total. The van der Waals surface area contributed by atoms with Crippen LogP contribution in [-0.2, 0) is 0 Å². The predicted molar refractivity (Wildman–Crippen MR) is 193 cm³/mol. The molecule has 2 aliphatic heterocycles. The molecule has 5 aromatic carbocycles. The van der Waals surface area contributed by atoms with Crippen LogP contribution in [0.15, 0.2) is 60.7 Å². The number of fused-ring (bicyclic) bond motifs is 2. The SMILES string of the molecule is Cc1cc(-c2c3ccc(N4CCCCC4)cc3c(-c3cc(C)c(C)c(C)c3)c3ccc(N4CCCCC4)cc23)cc(C)c1C. The second-order valence-electron chi connectivity index (χ2n) is 13.8. The Morgan fingerprint density at radius 2 is 0.727 bits per heavy atom. The normalized spacial score (nSPS) is 15.9. The number of piperidine rings is 2. The highest BCUT2D eigenvalue weighted by Gasteiger charge is 2.22. The largest absolute Gasteiger partial charge is 0.372 e. The fourth-order valence-electron chi connectivity index (χ4n) is 7.88. The monoisotopic (exact) mass is 580 g/mol. The van der Waals surface area contributed by atoms with Gasteiger partial charge in [-0.05, 0) is 182 Å². The summed E-state index contributed by atoms with van der Waals surface area (Å²) in [4.78, 5) is 5.23. The maximum absolute atomic E-state index is 2.61. The lowest BCUT2D eigenvalue weighted by Crippen LogP contribution is -2.29. The van der Waals surface area contributed by atoms with E-state index in [9.17, 15) is 0 Å². The van der Waals surface area contributed by atoms with Gasteiger partial charge < -0.3 is 9.80 Å². The zero-order chi connectivity index (χ0) is 30.5. The Labute approximate surface area is 264 Å². The third-order valence-corrected chi connectivity index (χ3v) is 11.0. The van der Waals surface area contributed by atoms with Crippen molar-refractivity contribution >= 4 is 32.9 Å². The first-order valence-corrected chi connectivity index (χ1v) is 17.0. The van der Waals surface area contributed by atoms with Gasteiger partial charge in [-0.3, -0.25) is 0 Å². The Kier molecular flexibility index (Phi) is 7.65. The lowest BCUT2D eigenvalue weighted by Gasteiger charge is -2.30. The molecule has 5 aromatic rings. The van der Waals surface area contributed by atoms with E-state index in [1.807, 2.05) is 0 Å². The number of aryl methyl sites for hydroxylation is 4. The fraction of sp³-hybridized carbons (Fsp3) is 0.381. The molecule has 0 N–H and O–H groups in total. The van der Waals surface area contributed by atoms with Crippen LogP contribution in [0, 0.1) is 41.5 Å². The standard InChI is InChI=1S/C42H48N2/c1-27-21-33(22-28(2)31(27)5)41-37-15-13-36(44-19-11-8-12-20-44)26-40(37)42(34-23-29(3)32(6)30(4)24-34)38-16-14-35(25-39(38)41)43-17-9-7-10-18-43/h13-16,21-26H,7-12,17-20H2,1-6H3. The molecule has 2 heterocycles. The van der Waals surface area contributed by atoms with Crippen molar-refractivity contribution in [3.8, 4) is 22.3 Å². The number of rotatable bonds is 4. The van der Waals surface area contributed by atoms with Gasteiger partial charge in [0.15, 0.2) is 0 Å². The van der Waals surface area contributed by atoms with Gasteiger partial charge in [-0.15, -0.1) is 0 Å². The van der Waals surface area contributed by atoms with Gasteiger partial charge in [0.1, 0.15) is 0 Å². The molecule has 2 heteroatoms. The van der Waals surface area contributed by atoms with E-state index in [1.165, 1.54) is 127 Å². The molecule has 0 aromatic heterocycles. The fourth-order valence-corrected chi connectivity index (χ4v) is 7.88. The highest BCUT2D eigenvalue weighted by Crippen LogP contribution is 2.47. The summed E-state index contributed by atoms with van der Waals surface area (Å²) in [5.74, 6) is 0. The second kappa shape index (κ2) is 11.6. The van der Waals surface area contributed by atoms with Gasteiger partial charge in [0, 0.05) is 37.6 Å². The second-order valence-corrected chi connectivity index (χ2v) is 13.8. The van der Waals surface area contributed by atoms with Crippen LogP contribution in [0.1, 0.15) is 71.9 Å². The predicted octanol–water partition coefficient (Wildman–Crippen LogP) is 11.2. The average molecular weight is 581 g/mol. The summed E-state index contributed by atoms with van der Waals surface area (Å²) in [6, 6.07) is 24.5. The number of nitrogens with zero attached hydrogens (tertiary/aromatic N) is 2. The van der Waals surface area contributed by atoms with Crippen molar-refractivity contribution in [1.29, 1.82) is 0 Å². The van der Waals surface area contributed by atoms with Gasteiger partial charge in [0.25, 0.3) is 0 Å². The number of hydrogen-bond acceptors (Lipinski definition) is 2. The quantitative estimate of drug-likeness (QED) is 0.195. The molecule has 7 rings (SSSR count). The van der Waals surface area contributed by atoms with E-state index in [0.29, 0.717) is 0 Å². The van der Waals surface area contributed by atoms with E-state index in [2.05, 4.69) is 112 Å². The van der Waals surface area contributed by atoms with E-state index in [1.54, 1.807) is 0 Å². The topological polar surface area (TPSA) is 6.48 Å². The molecule has 2 aliphatic rings. The van der Waals surface area contributed by atoms with Crippen LogP contribution in [0.25, 0.3) is 43.8 Å². The first-order chi connectivity index (χ1) is 21.3. The smallest absolute Gasteiger partial charge is 0.0372 e. The van der Waals surface area contributed by atoms with Crippen LogP contribution < -0.4 is 9.80 Å². The van der Waals surface area contributed by atoms with Crippen molar-refractivity contribution in [3.05, 3.63) is 94.0 Å². The molecule has 2 saturated heterocycles. The van der Waals surface area contributed by atoms with Crippen LogP contribution in [0.2, 0.25) is 0 Å². The Hall–Kier alpha value is -3.78. The third kappa shape index (κ3) is 5.07. The number of benzene rings is 5. The van der Waals surface area contributed by atoms with Crippen molar-refractivity contribution in [2.24, 2.45) is 0 Å². The Bertz CT molecular complexity index is 1700. The highest BCUT2D eigenvalue weighted by atomic mass is 15.1. The summed E-state index contributed by atoms with van der Waals surface area (Å²) in [6.07, 6.45) is 7.82. The molecule has 0 radical (unpaired) electrons. The summed E-state index contributed by atoms with van der Waals surface area (Å²) in [6.45, 7) is 18.2. The molecular weight excluding hydrogens is 532 g/mol. The first-order valence-electron chi connectivity index (χ1n) is 17.0. The number of hydrogen-bond donors (Lipinski definition) is 0. The van der Waals surface area contributed by atoms with Crippen LogP contribution >= 0.6 is 0 Å². The molecule has 0 amide bonds.